The van der Waals surface area contributed by atoms with Gasteiger partial charge in [-0.1, -0.05) is 45.4 Å². The second kappa shape index (κ2) is 5.03. The molecular formula is C22H29NO2. The first-order chi connectivity index (χ1) is 12.0. The summed E-state index contributed by atoms with van der Waals surface area (Å²) < 4.78 is 6.52. The molecule has 1 N–H and O–H groups in total. The number of likely N-dealkylation sites (tertiary alicyclic amines) is 1. The monoisotopic (exact) mass is 339 g/mol. The highest BCUT2D eigenvalue weighted by Gasteiger charge is 2.66. The standard InChI is InChI=1S/C22H29NO2/c1-4-5-11-23-12-10-22-15-8-9-21(2,3)20(22)25-19-17(24)7-6-14(18(19)22)13-16(15)23/h6-9,15-16,20,24H,4-5,10-13H2,1-3H3/t15?,16-,20+,22+/m0/s1. The smallest absolute Gasteiger partial charge is 0.165 e. The van der Waals surface area contributed by atoms with Crippen LogP contribution in [-0.4, -0.2) is 35.2 Å². The zero-order valence-electron chi connectivity index (χ0n) is 15.6. The molecule has 2 aliphatic heterocycles. The van der Waals surface area contributed by atoms with E-state index in [0.29, 0.717) is 17.7 Å². The van der Waals surface area contributed by atoms with E-state index < -0.39 is 0 Å². The van der Waals surface area contributed by atoms with Crippen LogP contribution < -0.4 is 4.74 Å². The number of nitrogens with zero attached hydrogens (tertiary/aromatic N) is 1. The Morgan fingerprint density at radius 3 is 2.96 bits per heavy atom. The topological polar surface area (TPSA) is 32.7 Å². The number of ether oxygens (including phenoxy) is 1. The van der Waals surface area contributed by atoms with Crippen LogP contribution in [0.15, 0.2) is 24.3 Å². The Labute approximate surface area is 150 Å². The molecule has 4 aliphatic rings. The summed E-state index contributed by atoms with van der Waals surface area (Å²) in [4.78, 5) is 2.73. The minimum atomic E-state index is -0.00723. The Balaban J connectivity index is 1.70. The van der Waals surface area contributed by atoms with Gasteiger partial charge in [0.1, 0.15) is 6.10 Å². The lowest BCUT2D eigenvalue weighted by atomic mass is 9.50. The SMILES string of the molecule is CCCCN1CC[C@@]23c4c5ccc(O)c4O[C@@H]2C(C)(C)C=CC3[C@@H]1C5. The summed E-state index contributed by atoms with van der Waals surface area (Å²) in [5.41, 5.74) is 2.79. The maximum Gasteiger partial charge on any atom is 0.165 e. The zero-order chi connectivity index (χ0) is 17.4. The lowest BCUT2D eigenvalue weighted by molar-refractivity contribution is -0.0468. The second-order valence-electron chi connectivity index (χ2n) is 9.10. The van der Waals surface area contributed by atoms with Crippen LogP contribution in [0.25, 0.3) is 0 Å². The van der Waals surface area contributed by atoms with Gasteiger partial charge in [-0.3, -0.25) is 4.90 Å². The number of aromatic hydroxyl groups is 1. The minimum absolute atomic E-state index is 0.00723. The van der Waals surface area contributed by atoms with E-state index in [4.69, 9.17) is 4.74 Å². The summed E-state index contributed by atoms with van der Waals surface area (Å²) in [7, 11) is 0. The van der Waals surface area contributed by atoms with Gasteiger partial charge < -0.3 is 9.84 Å². The number of benzene rings is 1. The van der Waals surface area contributed by atoms with Crippen molar-refractivity contribution in [3.05, 3.63) is 35.4 Å². The second-order valence-corrected chi connectivity index (χ2v) is 9.10. The van der Waals surface area contributed by atoms with E-state index >= 15 is 0 Å². The molecule has 0 aromatic heterocycles. The molecule has 1 aromatic carbocycles. The molecule has 3 nitrogen and oxygen atoms in total. The van der Waals surface area contributed by atoms with Gasteiger partial charge in [0.25, 0.3) is 0 Å². The van der Waals surface area contributed by atoms with Crippen molar-refractivity contribution in [2.75, 3.05) is 13.1 Å². The lowest BCUT2D eigenvalue weighted by Crippen LogP contribution is -2.66. The molecule has 25 heavy (non-hydrogen) atoms. The van der Waals surface area contributed by atoms with Gasteiger partial charge in [-0.15, -0.1) is 0 Å². The molecule has 2 heterocycles. The third-order valence-corrected chi connectivity index (χ3v) is 7.32. The summed E-state index contributed by atoms with van der Waals surface area (Å²) in [5, 5.41) is 10.5. The average Bonchev–Trinajstić information content (AvgIpc) is 2.94. The van der Waals surface area contributed by atoms with E-state index in [1.54, 1.807) is 0 Å². The number of piperidine rings is 1. The Hall–Kier alpha value is -1.48. The number of phenols is 1. The molecule has 1 fully saturated rings. The molecule has 2 aliphatic carbocycles. The number of hydrogen-bond donors (Lipinski definition) is 1. The van der Waals surface area contributed by atoms with Gasteiger partial charge in [0.05, 0.1) is 0 Å². The Kier molecular flexibility index (Phi) is 3.17. The molecule has 1 saturated heterocycles. The molecular weight excluding hydrogens is 310 g/mol. The van der Waals surface area contributed by atoms with Gasteiger partial charge >= 0.3 is 0 Å². The number of unbranched alkanes of at least 4 members (excludes halogenated alkanes) is 1. The van der Waals surface area contributed by atoms with Crippen LogP contribution in [0.1, 0.15) is 51.2 Å². The first-order valence-electron chi connectivity index (χ1n) is 9.94. The van der Waals surface area contributed by atoms with Crippen LogP contribution in [0, 0.1) is 11.3 Å². The van der Waals surface area contributed by atoms with Crippen LogP contribution in [-0.2, 0) is 11.8 Å². The molecule has 1 unspecified atom stereocenters. The van der Waals surface area contributed by atoms with Crippen molar-refractivity contribution in [3.63, 3.8) is 0 Å². The predicted molar refractivity (Wildman–Crippen MR) is 99.2 cm³/mol. The maximum absolute atomic E-state index is 10.5. The van der Waals surface area contributed by atoms with Crippen molar-refractivity contribution in [2.45, 2.75) is 64.0 Å². The van der Waals surface area contributed by atoms with E-state index in [0.717, 1.165) is 25.1 Å². The summed E-state index contributed by atoms with van der Waals surface area (Å²) >= 11 is 0. The maximum atomic E-state index is 10.5. The first kappa shape index (κ1) is 15.7. The number of rotatable bonds is 3. The third-order valence-electron chi connectivity index (χ3n) is 7.32. The van der Waals surface area contributed by atoms with Crippen molar-refractivity contribution in [3.8, 4) is 11.5 Å². The fourth-order valence-electron chi connectivity index (χ4n) is 6.27. The van der Waals surface area contributed by atoms with Gasteiger partial charge in [-0.05, 0) is 44.0 Å². The van der Waals surface area contributed by atoms with Crippen LogP contribution in [0.5, 0.6) is 11.5 Å². The lowest BCUT2D eigenvalue weighted by Gasteiger charge is -2.59. The van der Waals surface area contributed by atoms with E-state index in [-0.39, 0.29) is 16.9 Å². The highest BCUT2D eigenvalue weighted by molar-refractivity contribution is 5.61. The highest BCUT2D eigenvalue weighted by Crippen LogP contribution is 2.65. The van der Waals surface area contributed by atoms with Crippen LogP contribution in [0.3, 0.4) is 0 Å². The van der Waals surface area contributed by atoms with Crippen LogP contribution in [0.4, 0.5) is 0 Å². The average molecular weight is 339 g/mol. The minimum Gasteiger partial charge on any atom is -0.504 e. The largest absolute Gasteiger partial charge is 0.504 e. The zero-order valence-corrected chi connectivity index (χ0v) is 15.6. The molecule has 1 spiro atoms. The van der Waals surface area contributed by atoms with Gasteiger partial charge in [-0.25, -0.2) is 0 Å². The molecule has 2 bridgehead atoms. The quantitative estimate of drug-likeness (QED) is 0.844. The summed E-state index contributed by atoms with van der Waals surface area (Å²) in [5.74, 6) is 1.61. The molecule has 0 saturated carbocycles. The normalized spacial score (nSPS) is 36.8. The number of hydrogen-bond acceptors (Lipinski definition) is 3. The van der Waals surface area contributed by atoms with E-state index in [9.17, 15) is 5.11 Å². The van der Waals surface area contributed by atoms with Gasteiger partial charge in [-0.2, -0.15) is 0 Å². The van der Waals surface area contributed by atoms with Crippen molar-refractivity contribution in [2.24, 2.45) is 11.3 Å². The fourth-order valence-corrected chi connectivity index (χ4v) is 6.27. The summed E-state index contributed by atoms with van der Waals surface area (Å²) in [6, 6.07) is 4.57. The highest BCUT2D eigenvalue weighted by atomic mass is 16.5. The van der Waals surface area contributed by atoms with Crippen molar-refractivity contribution in [1.82, 2.24) is 4.90 Å². The van der Waals surface area contributed by atoms with Crippen LogP contribution >= 0.6 is 0 Å². The molecule has 0 radical (unpaired) electrons. The van der Waals surface area contributed by atoms with Gasteiger partial charge in [0.15, 0.2) is 11.5 Å². The van der Waals surface area contributed by atoms with E-state index in [1.165, 1.54) is 30.5 Å². The molecule has 3 heteroatoms. The third kappa shape index (κ3) is 1.85. The van der Waals surface area contributed by atoms with Crippen molar-refractivity contribution < 1.29 is 9.84 Å². The van der Waals surface area contributed by atoms with Gasteiger partial charge in [0.2, 0.25) is 0 Å². The predicted octanol–water partition coefficient (Wildman–Crippen LogP) is 4.03. The summed E-state index contributed by atoms with van der Waals surface area (Å²) in [6.45, 7) is 9.21. The van der Waals surface area contributed by atoms with Gasteiger partial charge in [0, 0.05) is 28.4 Å². The Morgan fingerprint density at radius 1 is 1.32 bits per heavy atom. The van der Waals surface area contributed by atoms with E-state index in [2.05, 4.69) is 43.9 Å². The molecule has 4 atom stereocenters. The molecule has 5 rings (SSSR count). The van der Waals surface area contributed by atoms with Crippen molar-refractivity contribution in [1.29, 1.82) is 0 Å². The summed E-state index contributed by atoms with van der Waals surface area (Å²) in [6.07, 6.45) is 9.75. The van der Waals surface area contributed by atoms with Crippen molar-refractivity contribution >= 4 is 0 Å². The first-order valence-corrected chi connectivity index (χ1v) is 9.94. The fraction of sp³-hybridized carbons (Fsp3) is 0.636. The Bertz CT molecular complexity index is 753. The number of phenolic OH excluding ortho intramolecular Hbond substituents is 1. The van der Waals surface area contributed by atoms with Crippen LogP contribution in [0.2, 0.25) is 0 Å². The molecule has 1 aromatic rings. The Morgan fingerprint density at radius 2 is 2.16 bits per heavy atom. The molecule has 0 amide bonds. The van der Waals surface area contributed by atoms with E-state index in [1.807, 2.05) is 6.07 Å². The molecule has 134 valence electrons.